The molecule has 7 nitrogen and oxygen atoms in total. The molecular formula is C25H23F4N3O4. The van der Waals surface area contributed by atoms with E-state index in [0.29, 0.717) is 0 Å². The van der Waals surface area contributed by atoms with Crippen molar-refractivity contribution < 1.29 is 37.0 Å². The van der Waals surface area contributed by atoms with Crippen LogP contribution in [0.1, 0.15) is 52.8 Å². The number of halogens is 4. The van der Waals surface area contributed by atoms with Crippen LogP contribution in [0.4, 0.5) is 17.6 Å². The monoisotopic (exact) mass is 505 g/mol. The van der Waals surface area contributed by atoms with E-state index in [1.807, 2.05) is 0 Å². The van der Waals surface area contributed by atoms with Crippen molar-refractivity contribution in [3.05, 3.63) is 83.1 Å². The number of benzene rings is 2. The molecule has 0 aliphatic heterocycles. The maximum atomic E-state index is 13.5. The summed E-state index contributed by atoms with van der Waals surface area (Å²) in [5.74, 6) is -5.72. The summed E-state index contributed by atoms with van der Waals surface area (Å²) >= 11 is 0. The van der Waals surface area contributed by atoms with Crippen molar-refractivity contribution in [2.24, 2.45) is 5.73 Å². The van der Waals surface area contributed by atoms with Crippen molar-refractivity contribution in [3.63, 3.8) is 0 Å². The zero-order valence-electron chi connectivity index (χ0n) is 18.9. The molecule has 4 rings (SSSR count). The fourth-order valence-electron chi connectivity index (χ4n) is 3.59. The molecule has 0 saturated heterocycles. The van der Waals surface area contributed by atoms with Crippen LogP contribution in [0.15, 0.2) is 48.7 Å². The van der Waals surface area contributed by atoms with Gasteiger partial charge in [-0.2, -0.15) is 0 Å². The highest BCUT2D eigenvalue weighted by Gasteiger charge is 2.21. The lowest BCUT2D eigenvalue weighted by molar-refractivity contribution is 0.0923. The number of nitrogens with zero attached hydrogens (tertiary/aromatic N) is 1. The van der Waals surface area contributed by atoms with Gasteiger partial charge in [-0.05, 0) is 43.2 Å². The van der Waals surface area contributed by atoms with Crippen LogP contribution in [0, 0.1) is 23.3 Å². The quantitative estimate of drug-likeness (QED) is 0.423. The molecule has 3 aromatic rings. The third-order valence-corrected chi connectivity index (χ3v) is 5.35. The molecular weight excluding hydrogens is 482 g/mol. The Hall–Kier alpha value is -4.15. The molecule has 36 heavy (non-hydrogen) atoms. The normalized spacial score (nSPS) is 13.3. The summed E-state index contributed by atoms with van der Waals surface area (Å²) in [5, 5.41) is 11.8. The number of pyridine rings is 1. The molecule has 1 heterocycles. The smallest absolute Gasteiger partial charge is 0.257 e. The summed E-state index contributed by atoms with van der Waals surface area (Å²) in [6.45, 7) is 0. The van der Waals surface area contributed by atoms with Gasteiger partial charge in [0.2, 0.25) is 5.88 Å². The molecule has 1 fully saturated rings. The number of rotatable bonds is 5. The molecule has 0 spiro atoms. The molecule has 4 N–H and O–H groups in total. The number of nitrogens with one attached hydrogen (secondary N) is 1. The van der Waals surface area contributed by atoms with Gasteiger partial charge in [-0.15, -0.1) is 0 Å². The van der Waals surface area contributed by atoms with E-state index in [9.17, 15) is 27.2 Å². The molecule has 1 aliphatic carbocycles. The van der Waals surface area contributed by atoms with Gasteiger partial charge in [-0.25, -0.2) is 22.5 Å². The number of hydrogen-bond donors (Lipinski definition) is 3. The molecule has 1 saturated carbocycles. The topological polar surface area (TPSA) is 115 Å². The van der Waals surface area contributed by atoms with Gasteiger partial charge in [-0.3, -0.25) is 9.59 Å². The van der Waals surface area contributed by atoms with Crippen molar-refractivity contribution in [2.75, 3.05) is 0 Å². The minimum absolute atomic E-state index is 0.0284. The molecule has 190 valence electrons. The van der Waals surface area contributed by atoms with Crippen LogP contribution in [0.25, 0.3) is 0 Å². The SMILES string of the molecule is NC(=O)c1c(O)cccc1F.O=C(NC1CCCCC1)c1cc(F)cnc1Oc1ccc(F)c(F)c1. The summed E-state index contributed by atoms with van der Waals surface area (Å²) in [6.07, 6.45) is 5.84. The van der Waals surface area contributed by atoms with Gasteiger partial charge in [0, 0.05) is 12.1 Å². The van der Waals surface area contributed by atoms with Gasteiger partial charge in [0.15, 0.2) is 11.6 Å². The Bertz CT molecular complexity index is 1230. The minimum atomic E-state index is -1.09. The van der Waals surface area contributed by atoms with E-state index < -0.39 is 46.4 Å². The number of amides is 2. The Morgan fingerprint density at radius 3 is 2.31 bits per heavy atom. The zero-order valence-corrected chi connectivity index (χ0v) is 18.9. The van der Waals surface area contributed by atoms with E-state index in [1.54, 1.807) is 0 Å². The largest absolute Gasteiger partial charge is 0.507 e. The summed E-state index contributed by atoms with van der Waals surface area (Å²) in [6, 6.07) is 7.52. The van der Waals surface area contributed by atoms with E-state index in [2.05, 4.69) is 10.3 Å². The number of hydrogen-bond acceptors (Lipinski definition) is 5. The Labute approximate surface area is 203 Å². The van der Waals surface area contributed by atoms with E-state index in [-0.39, 0.29) is 23.2 Å². The second kappa shape index (κ2) is 12.0. The van der Waals surface area contributed by atoms with Crippen molar-refractivity contribution in [1.82, 2.24) is 10.3 Å². The van der Waals surface area contributed by atoms with E-state index in [0.717, 1.165) is 62.6 Å². The fraction of sp³-hybridized carbons (Fsp3) is 0.240. The van der Waals surface area contributed by atoms with Crippen molar-refractivity contribution >= 4 is 11.8 Å². The van der Waals surface area contributed by atoms with Crippen LogP contribution in [0.5, 0.6) is 17.4 Å². The Morgan fingerprint density at radius 1 is 0.972 bits per heavy atom. The number of ether oxygens (including phenoxy) is 1. The van der Waals surface area contributed by atoms with Crippen LogP contribution in [-0.4, -0.2) is 27.9 Å². The van der Waals surface area contributed by atoms with Gasteiger partial charge in [0.25, 0.3) is 11.8 Å². The molecule has 2 aromatic carbocycles. The number of phenols is 1. The number of primary amides is 1. The van der Waals surface area contributed by atoms with E-state index in [4.69, 9.17) is 15.6 Å². The second-order valence-electron chi connectivity index (χ2n) is 7.99. The third-order valence-electron chi connectivity index (χ3n) is 5.35. The Morgan fingerprint density at radius 2 is 1.69 bits per heavy atom. The summed E-state index contributed by atoms with van der Waals surface area (Å²) in [7, 11) is 0. The molecule has 1 aromatic heterocycles. The predicted octanol–water partition coefficient (Wildman–Crippen LogP) is 4.98. The number of nitrogens with two attached hydrogens (primary N) is 1. The molecule has 1 aliphatic rings. The third kappa shape index (κ3) is 6.94. The number of aromatic nitrogens is 1. The van der Waals surface area contributed by atoms with Gasteiger partial charge in [-0.1, -0.05) is 25.3 Å². The number of aromatic hydroxyl groups is 1. The maximum absolute atomic E-state index is 13.5. The number of carbonyl (C=O) groups is 2. The first-order chi connectivity index (χ1) is 17.2. The first-order valence-corrected chi connectivity index (χ1v) is 11.0. The second-order valence-corrected chi connectivity index (χ2v) is 7.99. The van der Waals surface area contributed by atoms with Crippen molar-refractivity contribution in [1.29, 1.82) is 0 Å². The molecule has 0 radical (unpaired) electrons. The van der Waals surface area contributed by atoms with Crippen LogP contribution in [-0.2, 0) is 0 Å². The van der Waals surface area contributed by atoms with Crippen LogP contribution >= 0.6 is 0 Å². The molecule has 2 amide bonds. The Balaban J connectivity index is 0.000000275. The lowest BCUT2D eigenvalue weighted by Crippen LogP contribution is -2.36. The minimum Gasteiger partial charge on any atom is -0.507 e. The van der Waals surface area contributed by atoms with Crippen molar-refractivity contribution in [3.8, 4) is 17.4 Å². The lowest BCUT2D eigenvalue weighted by atomic mass is 9.95. The van der Waals surface area contributed by atoms with Gasteiger partial charge >= 0.3 is 0 Å². The van der Waals surface area contributed by atoms with Crippen LogP contribution in [0.2, 0.25) is 0 Å². The highest BCUT2D eigenvalue weighted by atomic mass is 19.2. The molecule has 0 atom stereocenters. The van der Waals surface area contributed by atoms with E-state index in [1.165, 1.54) is 18.2 Å². The van der Waals surface area contributed by atoms with Crippen LogP contribution < -0.4 is 15.8 Å². The summed E-state index contributed by atoms with van der Waals surface area (Å²) in [4.78, 5) is 26.7. The van der Waals surface area contributed by atoms with Gasteiger partial charge < -0.3 is 20.9 Å². The zero-order chi connectivity index (χ0) is 26.2. The van der Waals surface area contributed by atoms with E-state index >= 15 is 0 Å². The maximum Gasteiger partial charge on any atom is 0.257 e. The van der Waals surface area contributed by atoms with Gasteiger partial charge in [0.1, 0.15) is 34.3 Å². The first-order valence-electron chi connectivity index (χ1n) is 11.0. The Kier molecular flexibility index (Phi) is 8.82. The van der Waals surface area contributed by atoms with Crippen LogP contribution in [0.3, 0.4) is 0 Å². The first kappa shape index (κ1) is 26.5. The summed E-state index contributed by atoms with van der Waals surface area (Å²) < 4.78 is 57.8. The standard InChI is InChI=1S/C18H17F3N2O2.C7H6FNO2/c19-11-8-14(17(24)23-12-4-2-1-3-5-12)18(22-10-11)25-13-6-7-15(20)16(21)9-13;8-4-2-1-3-5(10)6(4)7(9)11/h6-10,12H,1-5H2,(H,23,24);1-3,10H,(H2,9,11). The average molecular weight is 505 g/mol. The van der Waals surface area contributed by atoms with Gasteiger partial charge in [0.05, 0.1) is 6.20 Å². The predicted molar refractivity (Wildman–Crippen MR) is 122 cm³/mol. The average Bonchev–Trinajstić information content (AvgIpc) is 2.83. The highest BCUT2D eigenvalue weighted by molar-refractivity contribution is 5.96. The molecule has 11 heteroatoms. The van der Waals surface area contributed by atoms with Crippen molar-refractivity contribution in [2.45, 2.75) is 38.1 Å². The molecule has 0 bridgehead atoms. The fourth-order valence-corrected chi connectivity index (χ4v) is 3.59. The number of carbonyl (C=O) groups excluding carboxylic acids is 2. The lowest BCUT2D eigenvalue weighted by Gasteiger charge is -2.23. The summed E-state index contributed by atoms with van der Waals surface area (Å²) in [5.41, 5.74) is 4.22. The highest BCUT2D eigenvalue weighted by Crippen LogP contribution is 2.26. The molecule has 0 unspecified atom stereocenters.